The Bertz CT molecular complexity index is 561. The van der Waals surface area contributed by atoms with Gasteiger partial charge in [-0.1, -0.05) is 18.2 Å². The fourth-order valence-corrected chi connectivity index (χ4v) is 3.78. The summed E-state index contributed by atoms with van der Waals surface area (Å²) in [4.78, 5) is 11.3. The Hall–Kier alpha value is -1.40. The number of aliphatic hydroxyl groups is 1. The maximum Gasteiger partial charge on any atom is 0.339 e. The van der Waals surface area contributed by atoms with Crippen molar-refractivity contribution in [3.05, 3.63) is 29.3 Å². The van der Waals surface area contributed by atoms with Crippen LogP contribution in [-0.2, 0) is 25.8 Å². The summed E-state index contributed by atoms with van der Waals surface area (Å²) in [5.74, 6) is -0.840. The minimum Gasteiger partial charge on any atom is -0.467 e. The standard InChI is InChI=1S/C11H12O5S/c1-16-11(13)9(12)8-4-2-3-7-5-6-17(14,15)10(7)8/h2-4,9,12H,5-6H2,1H3. The predicted octanol–water partition coefficient (Wildman–Crippen LogP) is 0.223. The normalized spacial score (nSPS) is 18.5. The van der Waals surface area contributed by atoms with Crippen molar-refractivity contribution < 1.29 is 23.1 Å². The number of hydrogen-bond acceptors (Lipinski definition) is 5. The largest absolute Gasteiger partial charge is 0.467 e. The fourth-order valence-electron chi connectivity index (χ4n) is 1.98. The molecule has 0 radical (unpaired) electrons. The Morgan fingerprint density at radius 1 is 1.47 bits per heavy atom. The monoisotopic (exact) mass is 256 g/mol. The number of sulfone groups is 1. The molecule has 1 N–H and O–H groups in total. The van der Waals surface area contributed by atoms with Gasteiger partial charge in [0.05, 0.1) is 17.8 Å². The summed E-state index contributed by atoms with van der Waals surface area (Å²) in [6.45, 7) is 0. The van der Waals surface area contributed by atoms with E-state index >= 15 is 0 Å². The van der Waals surface area contributed by atoms with Crippen LogP contribution in [0.25, 0.3) is 0 Å². The second-order valence-corrected chi connectivity index (χ2v) is 5.88. The molecule has 0 saturated carbocycles. The third kappa shape index (κ3) is 1.94. The Labute approximate surface area is 98.9 Å². The molecule has 0 spiro atoms. The third-order valence-corrected chi connectivity index (χ3v) is 4.66. The minimum atomic E-state index is -3.39. The van der Waals surface area contributed by atoms with Crippen LogP contribution in [0.15, 0.2) is 23.1 Å². The van der Waals surface area contributed by atoms with Crippen molar-refractivity contribution in [3.63, 3.8) is 0 Å². The van der Waals surface area contributed by atoms with Gasteiger partial charge in [-0.3, -0.25) is 0 Å². The van der Waals surface area contributed by atoms with E-state index in [0.29, 0.717) is 12.0 Å². The second-order valence-electron chi connectivity index (χ2n) is 3.83. The molecule has 1 heterocycles. The first-order valence-electron chi connectivity index (χ1n) is 5.08. The first kappa shape index (κ1) is 12.1. The number of ether oxygens (including phenoxy) is 1. The van der Waals surface area contributed by atoms with E-state index in [2.05, 4.69) is 4.74 Å². The summed E-state index contributed by atoms with van der Waals surface area (Å²) in [6.07, 6.45) is -1.14. The molecule has 0 saturated heterocycles. The Balaban J connectivity index is 2.58. The zero-order valence-corrected chi connectivity index (χ0v) is 10.0. The van der Waals surface area contributed by atoms with Crippen LogP contribution in [0.1, 0.15) is 17.2 Å². The number of esters is 1. The quantitative estimate of drug-likeness (QED) is 0.766. The van der Waals surface area contributed by atoms with Crippen LogP contribution >= 0.6 is 0 Å². The van der Waals surface area contributed by atoms with Gasteiger partial charge in [0.25, 0.3) is 0 Å². The molecule has 1 aromatic carbocycles. The van der Waals surface area contributed by atoms with Gasteiger partial charge < -0.3 is 9.84 Å². The molecule has 6 heteroatoms. The van der Waals surface area contributed by atoms with Gasteiger partial charge in [0.15, 0.2) is 15.9 Å². The number of carbonyl (C=O) groups is 1. The topological polar surface area (TPSA) is 80.7 Å². The molecule has 0 amide bonds. The van der Waals surface area contributed by atoms with Crippen molar-refractivity contribution in [2.75, 3.05) is 12.9 Å². The fraction of sp³-hybridized carbons (Fsp3) is 0.364. The zero-order valence-electron chi connectivity index (χ0n) is 9.21. The van der Waals surface area contributed by atoms with Crippen LogP contribution in [0.3, 0.4) is 0 Å². The SMILES string of the molecule is COC(=O)C(O)c1cccc2c1S(=O)(=O)CC2. The van der Waals surface area contributed by atoms with Crippen LogP contribution in [-0.4, -0.2) is 32.4 Å². The van der Waals surface area contributed by atoms with Crippen molar-refractivity contribution in [2.24, 2.45) is 0 Å². The second kappa shape index (κ2) is 4.12. The summed E-state index contributed by atoms with van der Waals surface area (Å²) in [5, 5.41) is 9.75. The number of benzene rings is 1. The molecule has 92 valence electrons. The lowest BCUT2D eigenvalue weighted by Crippen LogP contribution is -2.16. The van der Waals surface area contributed by atoms with Crippen LogP contribution in [0, 0.1) is 0 Å². The highest BCUT2D eigenvalue weighted by Crippen LogP contribution is 2.32. The Morgan fingerprint density at radius 2 is 2.18 bits per heavy atom. The predicted molar refractivity (Wildman–Crippen MR) is 59.2 cm³/mol. The van der Waals surface area contributed by atoms with Crippen LogP contribution in [0.2, 0.25) is 0 Å². The molecule has 0 aliphatic carbocycles. The number of hydrogen-bond donors (Lipinski definition) is 1. The van der Waals surface area contributed by atoms with E-state index in [9.17, 15) is 18.3 Å². The highest BCUT2D eigenvalue weighted by atomic mass is 32.2. The summed E-state index contributed by atoms with van der Waals surface area (Å²) in [6, 6.07) is 4.75. The maximum atomic E-state index is 11.8. The van der Waals surface area contributed by atoms with Crippen molar-refractivity contribution in [2.45, 2.75) is 17.4 Å². The van der Waals surface area contributed by atoms with Crippen LogP contribution in [0.4, 0.5) is 0 Å². The number of aliphatic hydroxyl groups excluding tert-OH is 1. The average molecular weight is 256 g/mol. The maximum absolute atomic E-state index is 11.8. The summed E-state index contributed by atoms with van der Waals surface area (Å²) in [7, 11) is -2.25. The summed E-state index contributed by atoms with van der Waals surface area (Å²) in [5.41, 5.74) is 0.748. The lowest BCUT2D eigenvalue weighted by molar-refractivity contribution is -0.150. The first-order valence-corrected chi connectivity index (χ1v) is 6.73. The highest BCUT2D eigenvalue weighted by molar-refractivity contribution is 7.91. The molecule has 1 unspecified atom stereocenters. The van der Waals surface area contributed by atoms with Crippen molar-refractivity contribution >= 4 is 15.8 Å². The summed E-state index contributed by atoms with van der Waals surface area (Å²) < 4.78 is 28.1. The lowest BCUT2D eigenvalue weighted by atomic mass is 10.0. The number of carbonyl (C=O) groups excluding carboxylic acids is 1. The molecule has 0 aromatic heterocycles. The number of aryl methyl sites for hydroxylation is 1. The van der Waals surface area contributed by atoms with Gasteiger partial charge in [-0.15, -0.1) is 0 Å². The molecule has 5 nitrogen and oxygen atoms in total. The molecule has 1 aromatic rings. The summed E-state index contributed by atoms with van der Waals surface area (Å²) >= 11 is 0. The Morgan fingerprint density at radius 3 is 2.82 bits per heavy atom. The third-order valence-electron chi connectivity index (χ3n) is 2.80. The van der Waals surface area contributed by atoms with Crippen molar-refractivity contribution in [1.29, 1.82) is 0 Å². The van der Waals surface area contributed by atoms with Gasteiger partial charge in [-0.25, -0.2) is 13.2 Å². The smallest absolute Gasteiger partial charge is 0.339 e. The van der Waals surface area contributed by atoms with E-state index < -0.39 is 21.9 Å². The van der Waals surface area contributed by atoms with Gasteiger partial charge in [0.2, 0.25) is 0 Å². The molecule has 1 atom stereocenters. The van der Waals surface area contributed by atoms with Gasteiger partial charge >= 0.3 is 5.97 Å². The Kier molecular flexibility index (Phi) is 2.92. The molecule has 0 fully saturated rings. The van der Waals surface area contributed by atoms with Gasteiger partial charge in [0.1, 0.15) is 0 Å². The molecular formula is C11H12O5S. The van der Waals surface area contributed by atoms with E-state index in [-0.39, 0.29) is 16.2 Å². The number of fused-ring (bicyclic) bond motifs is 1. The zero-order chi connectivity index (χ0) is 12.6. The first-order chi connectivity index (χ1) is 7.97. The van der Waals surface area contributed by atoms with Crippen LogP contribution < -0.4 is 0 Å². The van der Waals surface area contributed by atoms with E-state index in [4.69, 9.17) is 0 Å². The molecule has 1 aliphatic heterocycles. The molecule has 2 rings (SSSR count). The molecule has 17 heavy (non-hydrogen) atoms. The van der Waals surface area contributed by atoms with Gasteiger partial charge in [-0.05, 0) is 12.0 Å². The van der Waals surface area contributed by atoms with E-state index in [1.807, 2.05) is 0 Å². The number of methoxy groups -OCH3 is 1. The van der Waals surface area contributed by atoms with Gasteiger partial charge in [-0.2, -0.15) is 0 Å². The van der Waals surface area contributed by atoms with E-state index in [1.54, 1.807) is 12.1 Å². The molecular weight excluding hydrogens is 244 g/mol. The average Bonchev–Trinajstić information content (AvgIpc) is 2.64. The molecule has 0 bridgehead atoms. The van der Waals surface area contributed by atoms with Crippen molar-refractivity contribution in [1.82, 2.24) is 0 Å². The highest BCUT2D eigenvalue weighted by Gasteiger charge is 2.33. The molecule has 1 aliphatic rings. The van der Waals surface area contributed by atoms with Gasteiger partial charge in [0, 0.05) is 5.56 Å². The number of rotatable bonds is 2. The minimum absolute atomic E-state index is 0.0211. The van der Waals surface area contributed by atoms with Crippen molar-refractivity contribution in [3.8, 4) is 0 Å². The lowest BCUT2D eigenvalue weighted by Gasteiger charge is -2.12. The van der Waals surface area contributed by atoms with E-state index in [1.165, 1.54) is 6.07 Å². The van der Waals surface area contributed by atoms with E-state index in [0.717, 1.165) is 7.11 Å². The van der Waals surface area contributed by atoms with Crippen LogP contribution in [0.5, 0.6) is 0 Å².